The lowest BCUT2D eigenvalue weighted by Crippen LogP contribution is -2.29. The summed E-state index contributed by atoms with van der Waals surface area (Å²) >= 11 is 0. The van der Waals surface area contributed by atoms with E-state index in [2.05, 4.69) is 41.1 Å². The van der Waals surface area contributed by atoms with Crippen LogP contribution in [-0.2, 0) is 6.54 Å². The third-order valence-electron chi connectivity index (χ3n) is 4.14. The van der Waals surface area contributed by atoms with Crippen molar-refractivity contribution in [2.75, 3.05) is 13.1 Å². The topological polar surface area (TPSA) is 68.2 Å². The highest BCUT2D eigenvalue weighted by molar-refractivity contribution is 5.53. The summed E-state index contributed by atoms with van der Waals surface area (Å²) in [6, 6.07) is 8.35. The maximum Gasteiger partial charge on any atom is 0.247 e. The van der Waals surface area contributed by atoms with Gasteiger partial charge in [0.05, 0.1) is 6.54 Å². The molecule has 5 nitrogen and oxygen atoms in total. The predicted molar refractivity (Wildman–Crippen MR) is 81.5 cm³/mol. The Morgan fingerprint density at radius 1 is 1.43 bits per heavy atom. The van der Waals surface area contributed by atoms with Crippen LogP contribution in [0.2, 0.25) is 0 Å². The van der Waals surface area contributed by atoms with E-state index in [1.165, 1.54) is 5.56 Å². The molecule has 0 amide bonds. The Kier molecular flexibility index (Phi) is 4.03. The van der Waals surface area contributed by atoms with E-state index in [9.17, 15) is 0 Å². The number of hydrogen-bond acceptors (Lipinski definition) is 5. The Morgan fingerprint density at radius 3 is 3.00 bits per heavy atom. The molecular formula is C16H22N4O. The largest absolute Gasteiger partial charge is 0.419 e. The minimum absolute atomic E-state index is 0.251. The highest BCUT2D eigenvalue weighted by Gasteiger charge is 2.26. The van der Waals surface area contributed by atoms with Crippen molar-refractivity contribution in [2.45, 2.75) is 32.9 Å². The van der Waals surface area contributed by atoms with Crippen LogP contribution in [0.25, 0.3) is 11.5 Å². The zero-order valence-corrected chi connectivity index (χ0v) is 12.6. The molecule has 1 aliphatic rings. The summed E-state index contributed by atoms with van der Waals surface area (Å²) < 4.78 is 5.79. The zero-order chi connectivity index (χ0) is 14.8. The minimum atomic E-state index is 0.251. The highest BCUT2D eigenvalue weighted by atomic mass is 16.4. The summed E-state index contributed by atoms with van der Waals surface area (Å²) in [5.74, 6) is 1.85. The number of aryl methyl sites for hydroxylation is 1. The van der Waals surface area contributed by atoms with Crippen LogP contribution in [0.3, 0.4) is 0 Å². The Hall–Kier alpha value is -1.72. The molecule has 2 aromatic rings. The third-order valence-corrected chi connectivity index (χ3v) is 4.14. The number of aromatic nitrogens is 2. The van der Waals surface area contributed by atoms with E-state index in [-0.39, 0.29) is 6.04 Å². The van der Waals surface area contributed by atoms with Crippen molar-refractivity contribution in [1.82, 2.24) is 15.1 Å². The van der Waals surface area contributed by atoms with Gasteiger partial charge in [-0.2, -0.15) is 0 Å². The maximum absolute atomic E-state index is 5.97. The van der Waals surface area contributed by atoms with Crippen LogP contribution >= 0.6 is 0 Å². The summed E-state index contributed by atoms with van der Waals surface area (Å²) in [5, 5.41) is 8.32. The molecule has 1 fully saturated rings. The first-order valence-electron chi connectivity index (χ1n) is 7.49. The van der Waals surface area contributed by atoms with Gasteiger partial charge < -0.3 is 10.2 Å². The third kappa shape index (κ3) is 3.31. The molecule has 5 heteroatoms. The fourth-order valence-electron chi connectivity index (χ4n) is 2.84. The second-order valence-corrected chi connectivity index (χ2v) is 6.01. The van der Waals surface area contributed by atoms with Crippen molar-refractivity contribution < 1.29 is 4.42 Å². The normalized spacial score (nSPS) is 20.8. The van der Waals surface area contributed by atoms with Gasteiger partial charge in [0.1, 0.15) is 0 Å². The molecule has 0 radical (unpaired) electrons. The Balaban J connectivity index is 1.66. The van der Waals surface area contributed by atoms with Gasteiger partial charge in [0.25, 0.3) is 0 Å². The Bertz CT molecular complexity index is 608. The molecule has 0 aliphatic carbocycles. The van der Waals surface area contributed by atoms with E-state index in [4.69, 9.17) is 10.2 Å². The van der Waals surface area contributed by atoms with E-state index >= 15 is 0 Å². The molecule has 21 heavy (non-hydrogen) atoms. The first-order chi connectivity index (χ1) is 10.1. The van der Waals surface area contributed by atoms with Crippen molar-refractivity contribution in [1.29, 1.82) is 0 Å². The van der Waals surface area contributed by atoms with Gasteiger partial charge in [0.2, 0.25) is 11.8 Å². The standard InChI is InChI=1S/C16H22N4O/c1-11-4-3-5-13(8-11)16-19-18-15(21-16)10-20-7-6-14(9-20)12(2)17/h3-5,8,12,14H,6-7,9-10,17H2,1-2H3. The molecule has 1 saturated heterocycles. The monoisotopic (exact) mass is 286 g/mol. The predicted octanol–water partition coefficient (Wildman–Crippen LogP) is 2.21. The molecule has 2 N–H and O–H groups in total. The minimum Gasteiger partial charge on any atom is -0.419 e. The first-order valence-corrected chi connectivity index (χ1v) is 7.49. The van der Waals surface area contributed by atoms with Crippen LogP contribution in [-0.4, -0.2) is 34.2 Å². The second-order valence-electron chi connectivity index (χ2n) is 6.01. The van der Waals surface area contributed by atoms with E-state index in [0.717, 1.165) is 25.1 Å². The summed E-state index contributed by atoms with van der Waals surface area (Å²) in [4.78, 5) is 2.33. The smallest absolute Gasteiger partial charge is 0.247 e. The van der Waals surface area contributed by atoms with Crippen LogP contribution < -0.4 is 5.73 Å². The van der Waals surface area contributed by atoms with Gasteiger partial charge in [0, 0.05) is 18.2 Å². The number of rotatable bonds is 4. The van der Waals surface area contributed by atoms with E-state index in [1.807, 2.05) is 12.1 Å². The number of benzene rings is 1. The van der Waals surface area contributed by atoms with E-state index < -0.39 is 0 Å². The number of nitrogens with zero attached hydrogens (tertiary/aromatic N) is 3. The fourth-order valence-corrected chi connectivity index (χ4v) is 2.84. The molecule has 1 aromatic heterocycles. The lowest BCUT2D eigenvalue weighted by Gasteiger charge is -2.15. The molecule has 2 heterocycles. The highest BCUT2D eigenvalue weighted by Crippen LogP contribution is 2.22. The maximum atomic E-state index is 5.97. The summed E-state index contributed by atoms with van der Waals surface area (Å²) in [5.41, 5.74) is 8.13. The van der Waals surface area contributed by atoms with Crippen molar-refractivity contribution in [2.24, 2.45) is 11.7 Å². The van der Waals surface area contributed by atoms with E-state index in [0.29, 0.717) is 24.2 Å². The van der Waals surface area contributed by atoms with Gasteiger partial charge in [-0.1, -0.05) is 17.7 Å². The summed E-state index contributed by atoms with van der Waals surface area (Å²) in [6.45, 7) is 6.91. The van der Waals surface area contributed by atoms with Gasteiger partial charge in [-0.25, -0.2) is 0 Å². The van der Waals surface area contributed by atoms with Crippen LogP contribution in [0.15, 0.2) is 28.7 Å². The molecule has 3 rings (SSSR count). The summed E-state index contributed by atoms with van der Waals surface area (Å²) in [6.07, 6.45) is 1.15. The van der Waals surface area contributed by atoms with Gasteiger partial charge >= 0.3 is 0 Å². The van der Waals surface area contributed by atoms with Crippen molar-refractivity contribution in [3.8, 4) is 11.5 Å². The molecule has 0 spiro atoms. The van der Waals surface area contributed by atoms with Gasteiger partial charge in [0.15, 0.2) is 0 Å². The average Bonchev–Trinajstić information content (AvgIpc) is 3.08. The van der Waals surface area contributed by atoms with Gasteiger partial charge in [-0.15, -0.1) is 10.2 Å². The lowest BCUT2D eigenvalue weighted by atomic mass is 10.0. The fraction of sp³-hybridized carbons (Fsp3) is 0.500. The summed E-state index contributed by atoms with van der Waals surface area (Å²) in [7, 11) is 0. The SMILES string of the molecule is Cc1cccc(-c2nnc(CN3CCC(C(C)N)C3)o2)c1. The number of hydrogen-bond donors (Lipinski definition) is 1. The Morgan fingerprint density at radius 2 is 2.29 bits per heavy atom. The van der Waals surface area contributed by atoms with Crippen LogP contribution in [0.1, 0.15) is 24.8 Å². The molecular weight excluding hydrogens is 264 g/mol. The van der Waals surface area contributed by atoms with Crippen LogP contribution in [0.4, 0.5) is 0 Å². The lowest BCUT2D eigenvalue weighted by molar-refractivity contribution is 0.276. The first kappa shape index (κ1) is 14.2. The molecule has 112 valence electrons. The van der Waals surface area contributed by atoms with Crippen LogP contribution in [0, 0.1) is 12.8 Å². The number of nitrogens with two attached hydrogens (primary N) is 1. The Labute approximate surface area is 125 Å². The van der Waals surface area contributed by atoms with Gasteiger partial charge in [-0.05, 0) is 44.9 Å². The van der Waals surface area contributed by atoms with Crippen molar-refractivity contribution in [3.05, 3.63) is 35.7 Å². The molecule has 2 atom stereocenters. The van der Waals surface area contributed by atoms with Gasteiger partial charge in [-0.3, -0.25) is 4.90 Å². The molecule has 2 unspecified atom stereocenters. The van der Waals surface area contributed by atoms with Crippen molar-refractivity contribution in [3.63, 3.8) is 0 Å². The molecule has 1 aromatic carbocycles. The number of likely N-dealkylation sites (tertiary alicyclic amines) is 1. The quantitative estimate of drug-likeness (QED) is 0.933. The molecule has 0 saturated carbocycles. The second kappa shape index (κ2) is 5.95. The zero-order valence-electron chi connectivity index (χ0n) is 12.6. The van der Waals surface area contributed by atoms with E-state index in [1.54, 1.807) is 0 Å². The molecule has 0 bridgehead atoms. The molecule has 1 aliphatic heterocycles. The van der Waals surface area contributed by atoms with Crippen LogP contribution in [0.5, 0.6) is 0 Å². The van der Waals surface area contributed by atoms with Crippen molar-refractivity contribution >= 4 is 0 Å². The average molecular weight is 286 g/mol.